The van der Waals surface area contributed by atoms with Crippen molar-refractivity contribution >= 4 is 11.8 Å². The van der Waals surface area contributed by atoms with Crippen LogP contribution in [0.5, 0.6) is 0 Å². The first kappa shape index (κ1) is 19.0. The molecule has 1 fully saturated rings. The van der Waals surface area contributed by atoms with Gasteiger partial charge in [0.2, 0.25) is 5.91 Å². The van der Waals surface area contributed by atoms with Gasteiger partial charge in [-0.25, -0.2) is 8.78 Å². The molecule has 2 aromatic rings. The van der Waals surface area contributed by atoms with Crippen LogP contribution in [0.3, 0.4) is 0 Å². The maximum absolute atomic E-state index is 13.8. The average molecular weight is 372 g/mol. The third kappa shape index (κ3) is 4.51. The maximum Gasteiger partial charge on any atom is 0.256 e. The molecule has 2 aromatic carbocycles. The number of carbonyl (C=O) groups excluding carboxylic acids is 2. The molecule has 1 unspecified atom stereocenters. The van der Waals surface area contributed by atoms with Crippen molar-refractivity contribution in [3.8, 4) is 0 Å². The van der Waals surface area contributed by atoms with Crippen LogP contribution >= 0.6 is 0 Å². The number of hydrogen-bond donors (Lipinski definition) is 0. The summed E-state index contributed by atoms with van der Waals surface area (Å²) in [5.41, 5.74) is 0.965. The van der Waals surface area contributed by atoms with Crippen molar-refractivity contribution in [3.05, 3.63) is 71.3 Å². The normalized spacial score (nSPS) is 15.5. The van der Waals surface area contributed by atoms with Gasteiger partial charge < -0.3 is 9.80 Å². The highest BCUT2D eigenvalue weighted by Crippen LogP contribution is 2.16. The van der Waals surface area contributed by atoms with Crippen molar-refractivity contribution in [3.63, 3.8) is 0 Å². The second-order valence-electron chi connectivity index (χ2n) is 6.83. The third-order valence-electron chi connectivity index (χ3n) is 4.86. The third-order valence-corrected chi connectivity index (χ3v) is 4.86. The number of carbonyl (C=O) groups is 2. The van der Waals surface area contributed by atoms with Crippen LogP contribution in [0, 0.1) is 17.6 Å². The summed E-state index contributed by atoms with van der Waals surface area (Å²) in [6.45, 7) is 3.45. The second kappa shape index (κ2) is 8.29. The van der Waals surface area contributed by atoms with E-state index in [9.17, 15) is 18.4 Å². The monoisotopic (exact) mass is 372 g/mol. The second-order valence-corrected chi connectivity index (χ2v) is 6.83. The molecule has 1 atom stereocenters. The minimum absolute atomic E-state index is 0.0114. The lowest BCUT2D eigenvalue weighted by Gasteiger charge is -2.36. The van der Waals surface area contributed by atoms with Gasteiger partial charge in [0.1, 0.15) is 11.6 Å². The zero-order valence-electron chi connectivity index (χ0n) is 15.2. The summed E-state index contributed by atoms with van der Waals surface area (Å²) in [5, 5.41) is 0. The van der Waals surface area contributed by atoms with Gasteiger partial charge in [0, 0.05) is 32.1 Å². The van der Waals surface area contributed by atoms with Gasteiger partial charge in [-0.15, -0.1) is 0 Å². The molecule has 3 rings (SSSR count). The van der Waals surface area contributed by atoms with E-state index in [1.165, 1.54) is 24.3 Å². The van der Waals surface area contributed by atoms with Crippen LogP contribution in [0.4, 0.5) is 8.78 Å². The largest absolute Gasteiger partial charge is 0.339 e. The fourth-order valence-corrected chi connectivity index (χ4v) is 3.31. The van der Waals surface area contributed by atoms with Crippen LogP contribution < -0.4 is 0 Å². The molecule has 4 nitrogen and oxygen atoms in total. The zero-order valence-corrected chi connectivity index (χ0v) is 15.2. The lowest BCUT2D eigenvalue weighted by atomic mass is 9.99. The maximum atomic E-state index is 13.8. The minimum atomic E-state index is -0.533. The number of amides is 2. The summed E-state index contributed by atoms with van der Waals surface area (Å²) in [4.78, 5) is 28.4. The Balaban J connectivity index is 1.55. The van der Waals surface area contributed by atoms with E-state index >= 15 is 0 Å². The van der Waals surface area contributed by atoms with Crippen LogP contribution in [0.1, 0.15) is 22.8 Å². The molecule has 0 saturated carbocycles. The van der Waals surface area contributed by atoms with Gasteiger partial charge in [-0.05, 0) is 36.2 Å². The van der Waals surface area contributed by atoms with Crippen molar-refractivity contribution in [2.75, 3.05) is 26.2 Å². The molecule has 0 aliphatic carbocycles. The van der Waals surface area contributed by atoms with Gasteiger partial charge in [-0.2, -0.15) is 0 Å². The van der Waals surface area contributed by atoms with Crippen molar-refractivity contribution in [2.45, 2.75) is 13.3 Å². The Hall–Kier alpha value is -2.76. The lowest BCUT2D eigenvalue weighted by Crippen LogP contribution is -2.52. The Bertz CT molecular complexity index is 815. The number of benzene rings is 2. The summed E-state index contributed by atoms with van der Waals surface area (Å²) < 4.78 is 26.8. The molecule has 0 spiro atoms. The predicted octanol–water partition coefficient (Wildman–Crippen LogP) is 3.13. The fourth-order valence-electron chi connectivity index (χ4n) is 3.31. The molecule has 27 heavy (non-hydrogen) atoms. The minimum Gasteiger partial charge on any atom is -0.339 e. The molecule has 1 aliphatic heterocycles. The number of rotatable bonds is 4. The van der Waals surface area contributed by atoms with Gasteiger partial charge >= 0.3 is 0 Å². The molecule has 1 aliphatic rings. The Morgan fingerprint density at radius 2 is 1.52 bits per heavy atom. The van der Waals surface area contributed by atoms with Gasteiger partial charge in [-0.3, -0.25) is 9.59 Å². The van der Waals surface area contributed by atoms with Gasteiger partial charge in [0.25, 0.3) is 5.91 Å². The van der Waals surface area contributed by atoms with Gasteiger partial charge in [0.15, 0.2) is 0 Å². The fraction of sp³-hybridized carbons (Fsp3) is 0.333. The van der Waals surface area contributed by atoms with E-state index in [1.807, 2.05) is 6.92 Å². The number of piperazine rings is 1. The first-order chi connectivity index (χ1) is 13.0. The predicted molar refractivity (Wildman–Crippen MR) is 98.2 cm³/mol. The molecular weight excluding hydrogens is 350 g/mol. The molecule has 0 N–H and O–H groups in total. The Labute approximate surface area is 157 Å². The summed E-state index contributed by atoms with van der Waals surface area (Å²) in [6.07, 6.45) is 0.535. The molecule has 0 bridgehead atoms. The molecule has 0 radical (unpaired) electrons. The summed E-state index contributed by atoms with van der Waals surface area (Å²) in [5.74, 6) is -1.40. The van der Waals surface area contributed by atoms with Crippen LogP contribution in [0.2, 0.25) is 0 Å². The van der Waals surface area contributed by atoms with Crippen molar-refractivity contribution in [1.82, 2.24) is 9.80 Å². The first-order valence-electron chi connectivity index (χ1n) is 9.02. The molecular formula is C21H22F2N2O2. The lowest BCUT2D eigenvalue weighted by molar-refractivity contribution is -0.136. The molecule has 1 heterocycles. The number of nitrogens with zero attached hydrogens (tertiary/aromatic N) is 2. The zero-order chi connectivity index (χ0) is 19.4. The van der Waals surface area contributed by atoms with E-state index in [0.717, 1.165) is 5.56 Å². The summed E-state index contributed by atoms with van der Waals surface area (Å²) >= 11 is 0. The highest BCUT2D eigenvalue weighted by atomic mass is 19.1. The van der Waals surface area contributed by atoms with Crippen molar-refractivity contribution in [2.24, 2.45) is 5.92 Å². The number of halogens is 2. The van der Waals surface area contributed by atoms with E-state index in [4.69, 9.17) is 0 Å². The molecule has 0 aromatic heterocycles. The van der Waals surface area contributed by atoms with E-state index < -0.39 is 5.82 Å². The SMILES string of the molecule is CC(Cc1ccc(F)cc1)C(=O)N1CCN(C(=O)c2ccccc2F)CC1. The van der Waals surface area contributed by atoms with Crippen LogP contribution in [-0.2, 0) is 11.2 Å². The van der Waals surface area contributed by atoms with Gasteiger partial charge in [0.05, 0.1) is 5.56 Å². The van der Waals surface area contributed by atoms with Crippen LogP contribution in [0.15, 0.2) is 48.5 Å². The highest BCUT2D eigenvalue weighted by Gasteiger charge is 2.28. The standard InChI is InChI=1S/C21H22F2N2O2/c1-15(14-16-6-8-17(22)9-7-16)20(26)24-10-12-25(13-11-24)21(27)18-4-2-3-5-19(18)23/h2-9,15H,10-14H2,1H3. The average Bonchev–Trinajstić information content (AvgIpc) is 2.69. The topological polar surface area (TPSA) is 40.6 Å². The van der Waals surface area contributed by atoms with E-state index in [-0.39, 0.29) is 29.1 Å². The van der Waals surface area contributed by atoms with Crippen molar-refractivity contribution in [1.29, 1.82) is 0 Å². The highest BCUT2D eigenvalue weighted by molar-refractivity contribution is 5.94. The summed E-state index contributed by atoms with van der Waals surface area (Å²) in [6, 6.07) is 12.1. The summed E-state index contributed by atoms with van der Waals surface area (Å²) in [7, 11) is 0. The first-order valence-corrected chi connectivity index (χ1v) is 9.02. The molecule has 1 saturated heterocycles. The van der Waals surface area contributed by atoms with E-state index in [0.29, 0.717) is 32.6 Å². The van der Waals surface area contributed by atoms with Crippen molar-refractivity contribution < 1.29 is 18.4 Å². The molecule has 142 valence electrons. The Morgan fingerprint density at radius 3 is 2.15 bits per heavy atom. The quantitative estimate of drug-likeness (QED) is 0.827. The molecule has 2 amide bonds. The van der Waals surface area contributed by atoms with Crippen LogP contribution in [0.25, 0.3) is 0 Å². The van der Waals surface area contributed by atoms with E-state index in [2.05, 4.69) is 0 Å². The smallest absolute Gasteiger partial charge is 0.256 e. The Morgan fingerprint density at radius 1 is 0.926 bits per heavy atom. The van der Waals surface area contributed by atoms with Crippen LogP contribution in [-0.4, -0.2) is 47.8 Å². The van der Waals surface area contributed by atoms with Gasteiger partial charge in [-0.1, -0.05) is 31.2 Å². The van der Waals surface area contributed by atoms with E-state index in [1.54, 1.807) is 34.1 Å². The molecule has 6 heteroatoms. The Kier molecular flexibility index (Phi) is 5.84. The number of hydrogen-bond acceptors (Lipinski definition) is 2.